The lowest BCUT2D eigenvalue weighted by atomic mass is 10.2. The van der Waals surface area contributed by atoms with E-state index in [4.69, 9.17) is 14.4 Å². The Balaban J connectivity index is 1.73. The largest absolute Gasteiger partial charge is 0.471 e. The van der Waals surface area contributed by atoms with Crippen molar-refractivity contribution >= 4 is 65.6 Å². The Morgan fingerprint density at radius 2 is 1.97 bits per heavy atom. The molecule has 0 aliphatic carbocycles. The van der Waals surface area contributed by atoms with Gasteiger partial charge in [0, 0.05) is 26.0 Å². The van der Waals surface area contributed by atoms with Gasteiger partial charge in [0.05, 0.1) is 22.0 Å². The van der Waals surface area contributed by atoms with Gasteiger partial charge in [0.1, 0.15) is 11.7 Å². The second-order valence-electron chi connectivity index (χ2n) is 7.65. The second kappa shape index (κ2) is 9.96. The molecular formula is C25H13Br2N5O5. The molecule has 37 heavy (non-hydrogen) atoms. The van der Waals surface area contributed by atoms with Crippen LogP contribution in [0.4, 0.5) is 5.69 Å². The zero-order valence-corrected chi connectivity index (χ0v) is 21.8. The van der Waals surface area contributed by atoms with Crippen molar-refractivity contribution in [1.82, 2.24) is 9.66 Å². The van der Waals surface area contributed by atoms with Crippen LogP contribution in [0.1, 0.15) is 5.56 Å². The highest BCUT2D eigenvalue weighted by Gasteiger charge is 2.21. The van der Waals surface area contributed by atoms with Crippen LogP contribution in [0.15, 0.2) is 83.9 Å². The minimum atomic E-state index is -0.628. The molecule has 0 unspecified atom stereocenters. The number of furan rings is 1. The highest BCUT2D eigenvalue weighted by Crippen LogP contribution is 2.34. The number of fused-ring (bicyclic) bond motifs is 2. The Hall–Kier alpha value is -4.34. The molecule has 0 aliphatic heterocycles. The van der Waals surface area contributed by atoms with Gasteiger partial charge in [-0.1, -0.05) is 44.0 Å². The Morgan fingerprint density at radius 3 is 2.76 bits per heavy atom. The Labute approximate surface area is 224 Å². The molecule has 5 aromatic rings. The van der Waals surface area contributed by atoms with Gasteiger partial charge in [-0.25, -0.2) is 4.98 Å². The molecule has 182 valence electrons. The minimum Gasteiger partial charge on any atom is -0.471 e. The summed E-state index contributed by atoms with van der Waals surface area (Å²) < 4.78 is 13.6. The number of nitro groups is 1. The quantitative estimate of drug-likeness (QED) is 0.128. The number of halogens is 2. The van der Waals surface area contributed by atoms with Gasteiger partial charge >= 0.3 is 5.69 Å². The molecule has 0 saturated heterocycles. The van der Waals surface area contributed by atoms with E-state index < -0.39 is 17.1 Å². The van der Waals surface area contributed by atoms with Crippen LogP contribution in [0.5, 0.6) is 5.75 Å². The van der Waals surface area contributed by atoms with Gasteiger partial charge < -0.3 is 9.15 Å². The summed E-state index contributed by atoms with van der Waals surface area (Å²) in [5, 5.41) is 26.0. The van der Waals surface area contributed by atoms with Gasteiger partial charge in [-0.15, -0.1) is 0 Å². The number of benzene rings is 3. The summed E-state index contributed by atoms with van der Waals surface area (Å²) in [6.07, 6.45) is 1.24. The number of nitro benzene ring substituents is 1. The van der Waals surface area contributed by atoms with Crippen LogP contribution in [-0.2, 0) is 0 Å². The highest BCUT2D eigenvalue weighted by atomic mass is 79.9. The molecular weight excluding hydrogens is 610 g/mol. The molecule has 0 atom stereocenters. The summed E-state index contributed by atoms with van der Waals surface area (Å²) in [5.74, 6) is 0.279. The number of para-hydroxylation sites is 1. The average molecular weight is 623 g/mol. The third-order valence-electron chi connectivity index (χ3n) is 5.31. The summed E-state index contributed by atoms with van der Waals surface area (Å²) in [6.45, 7) is -0.416. The van der Waals surface area contributed by atoms with Gasteiger partial charge in [-0.3, -0.25) is 14.9 Å². The first-order chi connectivity index (χ1) is 17.9. The monoisotopic (exact) mass is 621 g/mol. The molecule has 0 saturated carbocycles. The topological polar surface area (TPSA) is 137 Å². The van der Waals surface area contributed by atoms with Crippen molar-refractivity contribution in [3.05, 3.63) is 95.6 Å². The van der Waals surface area contributed by atoms with Crippen LogP contribution in [0.3, 0.4) is 0 Å². The maximum Gasteiger partial charge on any atom is 0.312 e. The Morgan fingerprint density at radius 1 is 1.16 bits per heavy atom. The molecule has 0 spiro atoms. The molecule has 0 radical (unpaired) electrons. The molecule has 10 nitrogen and oxygen atoms in total. The first kappa shape index (κ1) is 24.4. The van der Waals surface area contributed by atoms with Crippen molar-refractivity contribution in [2.45, 2.75) is 0 Å². The molecule has 0 aliphatic rings. The van der Waals surface area contributed by atoms with E-state index in [0.717, 1.165) is 14.5 Å². The molecule has 2 heterocycles. The second-order valence-corrected chi connectivity index (χ2v) is 9.49. The number of rotatable bonds is 6. The van der Waals surface area contributed by atoms with Crippen LogP contribution < -0.4 is 10.3 Å². The number of ether oxygens (including phenoxy) is 1. The van der Waals surface area contributed by atoms with E-state index in [1.54, 1.807) is 42.5 Å². The van der Waals surface area contributed by atoms with E-state index in [-0.39, 0.29) is 22.8 Å². The van der Waals surface area contributed by atoms with E-state index in [1.807, 2.05) is 12.1 Å². The molecule has 3 aromatic carbocycles. The fourth-order valence-electron chi connectivity index (χ4n) is 3.73. The predicted molar refractivity (Wildman–Crippen MR) is 144 cm³/mol. The SMILES string of the molecule is N#CCOc1c(C=Nn2c(-c3cc4cc(Br)ccc4o3)nc3ccccc3c2=O)cc(Br)cc1[N+](=O)[O-]. The molecule has 0 bridgehead atoms. The van der Waals surface area contributed by atoms with E-state index in [2.05, 4.69) is 41.9 Å². The maximum atomic E-state index is 13.5. The third-order valence-corrected chi connectivity index (χ3v) is 6.26. The van der Waals surface area contributed by atoms with Gasteiger partial charge in [0.25, 0.3) is 5.56 Å². The lowest BCUT2D eigenvalue weighted by Crippen LogP contribution is -2.20. The first-order valence-electron chi connectivity index (χ1n) is 10.6. The number of nitrogens with zero attached hydrogens (tertiary/aromatic N) is 5. The molecule has 0 amide bonds. The van der Waals surface area contributed by atoms with E-state index in [1.165, 1.54) is 18.3 Å². The van der Waals surface area contributed by atoms with E-state index in [0.29, 0.717) is 26.7 Å². The normalized spacial score (nSPS) is 11.3. The summed E-state index contributed by atoms with van der Waals surface area (Å²) in [4.78, 5) is 29.1. The van der Waals surface area contributed by atoms with Crippen molar-refractivity contribution in [2.75, 3.05) is 6.61 Å². The van der Waals surface area contributed by atoms with Gasteiger partial charge in [-0.2, -0.15) is 15.0 Å². The lowest BCUT2D eigenvalue weighted by molar-refractivity contribution is -0.385. The number of hydrogen-bond donors (Lipinski definition) is 0. The summed E-state index contributed by atoms with van der Waals surface area (Å²) in [7, 11) is 0. The maximum absolute atomic E-state index is 13.5. The number of aromatic nitrogens is 2. The standard InChI is InChI=1S/C25H13Br2N5O5/c26-16-5-6-21-14(9-16)11-22(37-21)24-30-19-4-2-1-3-18(19)25(33)31(24)29-13-15-10-17(27)12-20(32(34)35)23(15)36-8-7-28/h1-6,9-13H,8H2. The lowest BCUT2D eigenvalue weighted by Gasteiger charge is -2.09. The van der Waals surface area contributed by atoms with Crippen LogP contribution in [-0.4, -0.2) is 27.4 Å². The summed E-state index contributed by atoms with van der Waals surface area (Å²) in [5.41, 5.74) is 0.383. The predicted octanol–water partition coefficient (Wildman–Crippen LogP) is 6.03. The fraction of sp³-hybridized carbons (Fsp3) is 0.0400. The highest BCUT2D eigenvalue weighted by molar-refractivity contribution is 9.10. The van der Waals surface area contributed by atoms with Crippen LogP contribution in [0.2, 0.25) is 0 Å². The van der Waals surface area contributed by atoms with E-state index >= 15 is 0 Å². The zero-order valence-electron chi connectivity index (χ0n) is 18.6. The van der Waals surface area contributed by atoms with Crippen LogP contribution in [0, 0.1) is 21.4 Å². The Kier molecular flexibility index (Phi) is 6.56. The molecule has 5 rings (SSSR count). The van der Waals surface area contributed by atoms with Crippen molar-refractivity contribution in [3.63, 3.8) is 0 Å². The number of hydrogen-bond acceptors (Lipinski definition) is 8. The zero-order chi connectivity index (χ0) is 26.1. The van der Waals surface area contributed by atoms with Crippen LogP contribution >= 0.6 is 31.9 Å². The van der Waals surface area contributed by atoms with Gasteiger partial charge in [0.15, 0.2) is 12.4 Å². The summed E-state index contributed by atoms with van der Waals surface area (Å²) >= 11 is 6.68. The van der Waals surface area contributed by atoms with Crippen molar-refractivity contribution < 1.29 is 14.1 Å². The fourth-order valence-corrected chi connectivity index (χ4v) is 4.57. The molecule has 0 fully saturated rings. The van der Waals surface area contributed by atoms with Crippen LogP contribution in [0.25, 0.3) is 33.5 Å². The van der Waals surface area contributed by atoms with Crippen molar-refractivity contribution in [1.29, 1.82) is 5.26 Å². The number of nitriles is 1. The summed E-state index contributed by atoms with van der Waals surface area (Å²) in [6, 6.07) is 18.6. The van der Waals surface area contributed by atoms with Crippen molar-refractivity contribution in [3.8, 4) is 23.4 Å². The minimum absolute atomic E-state index is 0.135. The first-order valence-corrected chi connectivity index (χ1v) is 12.2. The van der Waals surface area contributed by atoms with E-state index in [9.17, 15) is 14.9 Å². The van der Waals surface area contributed by atoms with Gasteiger partial charge in [-0.05, 0) is 42.5 Å². The van der Waals surface area contributed by atoms with Crippen molar-refractivity contribution in [2.24, 2.45) is 5.10 Å². The van der Waals surface area contributed by atoms with Gasteiger partial charge in [0.2, 0.25) is 11.6 Å². The molecule has 12 heteroatoms. The molecule has 0 N–H and O–H groups in total. The molecule has 2 aromatic heterocycles. The Bertz CT molecular complexity index is 1840. The average Bonchev–Trinajstić information content (AvgIpc) is 3.30. The third kappa shape index (κ3) is 4.74. The smallest absolute Gasteiger partial charge is 0.312 e.